The van der Waals surface area contributed by atoms with Gasteiger partial charge in [-0.25, -0.2) is 9.18 Å². The standard InChI is InChI=1S/C30H34ClFN6O3/c1-30(2,3)41-29(39)38-14-12-37(13-15-38)27-21-18-33-25(20-10-6-8-19-9-7-11-22(31)23(19)20)24(32)26(21)34-28(35-27)40-17-16-36(4)5/h6-11,18H,12-17H2,1-5H3. The number of ether oxygens (including phenoxy) is 2. The van der Waals surface area contributed by atoms with Crippen LogP contribution in [0.1, 0.15) is 20.8 Å². The van der Waals surface area contributed by atoms with E-state index in [1.807, 2.05) is 68.9 Å². The third-order valence-electron chi connectivity index (χ3n) is 6.75. The van der Waals surface area contributed by atoms with E-state index in [1.165, 1.54) is 0 Å². The van der Waals surface area contributed by atoms with Crippen LogP contribution < -0.4 is 9.64 Å². The van der Waals surface area contributed by atoms with Crippen molar-refractivity contribution in [2.45, 2.75) is 26.4 Å². The summed E-state index contributed by atoms with van der Waals surface area (Å²) in [5, 5.41) is 2.58. The Hall–Kier alpha value is -3.76. The van der Waals surface area contributed by atoms with Gasteiger partial charge in [0.1, 0.15) is 29.2 Å². The van der Waals surface area contributed by atoms with Crippen molar-refractivity contribution in [2.24, 2.45) is 0 Å². The molecule has 1 aliphatic heterocycles. The summed E-state index contributed by atoms with van der Waals surface area (Å²) in [5.74, 6) is -0.0731. The highest BCUT2D eigenvalue weighted by molar-refractivity contribution is 6.36. The van der Waals surface area contributed by atoms with Crippen molar-refractivity contribution in [3.05, 3.63) is 53.4 Å². The van der Waals surface area contributed by atoms with Crippen molar-refractivity contribution in [1.82, 2.24) is 24.8 Å². The van der Waals surface area contributed by atoms with Gasteiger partial charge in [0, 0.05) is 54.9 Å². The highest BCUT2D eigenvalue weighted by atomic mass is 35.5. The zero-order chi connectivity index (χ0) is 29.3. The average molecular weight is 581 g/mol. The normalized spacial score (nSPS) is 14.2. The minimum absolute atomic E-state index is 0.0796. The van der Waals surface area contributed by atoms with Gasteiger partial charge in [-0.2, -0.15) is 9.97 Å². The second kappa shape index (κ2) is 11.6. The summed E-state index contributed by atoms with van der Waals surface area (Å²) in [6, 6.07) is 11.2. The van der Waals surface area contributed by atoms with Crippen LogP contribution in [0.25, 0.3) is 32.9 Å². The summed E-state index contributed by atoms with van der Waals surface area (Å²) in [6.07, 6.45) is 1.24. The van der Waals surface area contributed by atoms with Gasteiger partial charge in [0.25, 0.3) is 0 Å². The number of rotatable bonds is 6. The Balaban J connectivity index is 1.54. The molecule has 0 aliphatic carbocycles. The molecule has 0 radical (unpaired) electrons. The predicted molar refractivity (Wildman–Crippen MR) is 159 cm³/mol. The van der Waals surface area contributed by atoms with Crippen LogP contribution in [0.4, 0.5) is 15.0 Å². The first-order chi connectivity index (χ1) is 19.5. The first-order valence-electron chi connectivity index (χ1n) is 13.6. The third kappa shape index (κ3) is 6.28. The zero-order valence-electron chi connectivity index (χ0n) is 23.9. The highest BCUT2D eigenvalue weighted by Gasteiger charge is 2.28. The molecule has 0 spiro atoms. The Morgan fingerprint density at radius 3 is 2.46 bits per heavy atom. The van der Waals surface area contributed by atoms with E-state index in [0.29, 0.717) is 61.1 Å². The Morgan fingerprint density at radius 2 is 1.78 bits per heavy atom. The van der Waals surface area contributed by atoms with Gasteiger partial charge in [-0.1, -0.05) is 41.9 Å². The number of piperazine rings is 1. The summed E-state index contributed by atoms with van der Waals surface area (Å²) in [7, 11) is 3.88. The van der Waals surface area contributed by atoms with Crippen molar-refractivity contribution in [2.75, 3.05) is 58.3 Å². The van der Waals surface area contributed by atoms with Gasteiger partial charge in [0.2, 0.25) is 0 Å². The zero-order valence-corrected chi connectivity index (χ0v) is 24.7. The van der Waals surface area contributed by atoms with E-state index < -0.39 is 11.4 Å². The summed E-state index contributed by atoms with van der Waals surface area (Å²) >= 11 is 6.54. The molecular formula is C30H34ClFN6O3. The number of aromatic nitrogens is 3. The summed E-state index contributed by atoms with van der Waals surface area (Å²) in [6.45, 7) is 8.32. The number of carbonyl (C=O) groups is 1. The minimum Gasteiger partial charge on any atom is -0.462 e. The molecule has 11 heteroatoms. The van der Waals surface area contributed by atoms with Crippen LogP contribution in [-0.4, -0.2) is 89.9 Å². The lowest BCUT2D eigenvalue weighted by Crippen LogP contribution is -2.50. The number of amides is 1. The topological polar surface area (TPSA) is 83.9 Å². The smallest absolute Gasteiger partial charge is 0.410 e. The molecule has 1 fully saturated rings. The molecule has 1 amide bonds. The molecule has 5 rings (SSSR count). The second-order valence-electron chi connectivity index (χ2n) is 11.3. The molecule has 1 aliphatic rings. The first-order valence-corrected chi connectivity index (χ1v) is 13.9. The maximum absolute atomic E-state index is 16.4. The number of likely N-dealkylation sites (N-methyl/N-ethyl adjacent to an activating group) is 1. The van der Waals surface area contributed by atoms with Crippen molar-refractivity contribution >= 4 is 45.2 Å². The lowest BCUT2D eigenvalue weighted by atomic mass is 10.0. The van der Waals surface area contributed by atoms with Crippen LogP contribution in [0.5, 0.6) is 6.01 Å². The van der Waals surface area contributed by atoms with Gasteiger partial charge in [-0.3, -0.25) is 4.98 Å². The molecule has 0 saturated carbocycles. The molecule has 2 aromatic carbocycles. The van der Waals surface area contributed by atoms with Crippen LogP contribution >= 0.6 is 11.6 Å². The molecule has 9 nitrogen and oxygen atoms in total. The number of halogens is 2. The Morgan fingerprint density at radius 1 is 1.07 bits per heavy atom. The van der Waals surface area contributed by atoms with Crippen LogP contribution in [0.2, 0.25) is 5.02 Å². The molecule has 2 aromatic heterocycles. The number of carbonyl (C=O) groups excluding carboxylic acids is 1. The largest absolute Gasteiger partial charge is 0.462 e. The number of anilines is 1. The number of hydrogen-bond acceptors (Lipinski definition) is 8. The van der Waals surface area contributed by atoms with E-state index in [1.54, 1.807) is 23.2 Å². The van der Waals surface area contributed by atoms with E-state index in [-0.39, 0.29) is 23.3 Å². The monoisotopic (exact) mass is 580 g/mol. The number of pyridine rings is 1. The van der Waals surface area contributed by atoms with E-state index in [9.17, 15) is 4.79 Å². The maximum atomic E-state index is 16.4. The van der Waals surface area contributed by atoms with Gasteiger partial charge in [-0.05, 0) is 46.3 Å². The summed E-state index contributed by atoms with van der Waals surface area (Å²) < 4.78 is 27.8. The van der Waals surface area contributed by atoms with Gasteiger partial charge in [-0.15, -0.1) is 0 Å². The maximum Gasteiger partial charge on any atom is 0.410 e. The summed E-state index contributed by atoms with van der Waals surface area (Å²) in [4.78, 5) is 31.9. The van der Waals surface area contributed by atoms with E-state index in [2.05, 4.69) is 15.0 Å². The molecular weight excluding hydrogens is 547 g/mol. The molecule has 1 saturated heterocycles. The van der Waals surface area contributed by atoms with E-state index in [0.717, 1.165) is 10.8 Å². The molecule has 216 valence electrons. The van der Waals surface area contributed by atoms with Crippen LogP contribution in [0.15, 0.2) is 42.6 Å². The quantitative estimate of drug-likeness (QED) is 0.290. The number of nitrogens with zero attached hydrogens (tertiary/aromatic N) is 6. The minimum atomic E-state index is -0.580. The second-order valence-corrected chi connectivity index (χ2v) is 11.7. The van der Waals surface area contributed by atoms with Crippen LogP contribution in [0, 0.1) is 5.82 Å². The van der Waals surface area contributed by atoms with Crippen molar-refractivity contribution in [3.8, 4) is 17.3 Å². The summed E-state index contributed by atoms with van der Waals surface area (Å²) in [5.41, 5.74) is 0.257. The van der Waals surface area contributed by atoms with Crippen molar-refractivity contribution in [1.29, 1.82) is 0 Å². The first kappa shape index (κ1) is 28.8. The molecule has 0 bridgehead atoms. The van der Waals surface area contributed by atoms with Crippen molar-refractivity contribution in [3.63, 3.8) is 0 Å². The number of fused-ring (bicyclic) bond motifs is 2. The predicted octanol–water partition coefficient (Wildman–Crippen LogP) is 5.64. The SMILES string of the molecule is CN(C)CCOc1nc(N2CCN(C(=O)OC(C)(C)C)CC2)c2cnc(-c3cccc4cccc(Cl)c34)c(F)c2n1. The number of benzene rings is 2. The number of hydrogen-bond donors (Lipinski definition) is 0. The Labute approximate surface area is 243 Å². The van der Waals surface area contributed by atoms with Crippen molar-refractivity contribution < 1.29 is 18.7 Å². The molecule has 41 heavy (non-hydrogen) atoms. The molecule has 4 aromatic rings. The molecule has 0 unspecified atom stereocenters. The van der Waals surface area contributed by atoms with Gasteiger partial charge >= 0.3 is 12.1 Å². The fourth-order valence-electron chi connectivity index (χ4n) is 4.75. The van der Waals surface area contributed by atoms with Crippen LogP contribution in [-0.2, 0) is 4.74 Å². The lowest BCUT2D eigenvalue weighted by molar-refractivity contribution is 0.0240. The molecule has 0 N–H and O–H groups in total. The fourth-order valence-corrected chi connectivity index (χ4v) is 5.04. The molecule has 0 atom stereocenters. The average Bonchev–Trinajstić information content (AvgIpc) is 2.92. The van der Waals surface area contributed by atoms with Gasteiger partial charge < -0.3 is 24.2 Å². The van der Waals surface area contributed by atoms with Gasteiger partial charge in [0.15, 0.2) is 5.82 Å². The Bertz CT molecular complexity index is 1580. The highest BCUT2D eigenvalue weighted by Crippen LogP contribution is 2.37. The van der Waals surface area contributed by atoms with E-state index >= 15 is 4.39 Å². The van der Waals surface area contributed by atoms with Gasteiger partial charge in [0.05, 0.1) is 5.39 Å². The lowest BCUT2D eigenvalue weighted by Gasteiger charge is -2.36. The van der Waals surface area contributed by atoms with Crippen LogP contribution in [0.3, 0.4) is 0 Å². The third-order valence-corrected chi connectivity index (χ3v) is 7.07. The van der Waals surface area contributed by atoms with E-state index in [4.69, 9.17) is 21.1 Å². The molecule has 3 heterocycles. The Kier molecular flexibility index (Phi) is 8.15. The fraction of sp³-hybridized carbons (Fsp3) is 0.400.